The number of nitrogens with zero attached hydrogens (tertiary/aromatic N) is 1. The lowest BCUT2D eigenvalue weighted by molar-refractivity contribution is 0.293. The van der Waals surface area contributed by atoms with Gasteiger partial charge in [-0.1, -0.05) is 12.1 Å². The van der Waals surface area contributed by atoms with Crippen molar-refractivity contribution in [1.29, 1.82) is 0 Å². The molecular weight excluding hydrogens is 246 g/mol. The highest BCUT2D eigenvalue weighted by atomic mass is 32.2. The molecule has 0 saturated heterocycles. The van der Waals surface area contributed by atoms with E-state index in [2.05, 4.69) is 49.8 Å². The molecule has 1 unspecified atom stereocenters. The first-order valence-corrected chi connectivity index (χ1v) is 7.87. The Morgan fingerprint density at radius 2 is 2.24 bits per heavy atom. The third kappa shape index (κ3) is 3.21. The van der Waals surface area contributed by atoms with Crippen LogP contribution in [0.1, 0.15) is 30.0 Å². The number of thioether (sulfide) groups is 1. The molecule has 1 aromatic carbocycles. The molecule has 1 aliphatic heterocycles. The Bertz CT molecular complexity index is 376. The van der Waals surface area contributed by atoms with Gasteiger partial charge in [-0.25, -0.2) is 0 Å². The van der Waals surface area contributed by atoms with Crippen LogP contribution in [0, 0.1) is 0 Å². The van der Waals surface area contributed by atoms with E-state index in [0.29, 0.717) is 6.04 Å². The lowest BCUT2D eigenvalue weighted by atomic mass is 9.99. The van der Waals surface area contributed by atoms with E-state index in [0.717, 1.165) is 12.2 Å². The summed E-state index contributed by atoms with van der Waals surface area (Å²) >= 11 is 6.37. The number of thiol groups is 1. The summed E-state index contributed by atoms with van der Waals surface area (Å²) in [5.74, 6) is 2.22. The van der Waals surface area contributed by atoms with E-state index in [-0.39, 0.29) is 0 Å². The van der Waals surface area contributed by atoms with Crippen LogP contribution in [-0.4, -0.2) is 30.5 Å². The Balaban J connectivity index is 2.25. The van der Waals surface area contributed by atoms with Crippen molar-refractivity contribution < 1.29 is 0 Å². The number of rotatable bonds is 4. The van der Waals surface area contributed by atoms with Crippen molar-refractivity contribution in [2.24, 2.45) is 0 Å². The highest BCUT2D eigenvalue weighted by Gasteiger charge is 2.16. The van der Waals surface area contributed by atoms with E-state index in [9.17, 15) is 0 Å². The second kappa shape index (κ2) is 6.17. The molecule has 0 N–H and O–H groups in total. The van der Waals surface area contributed by atoms with E-state index < -0.39 is 0 Å². The van der Waals surface area contributed by atoms with Gasteiger partial charge in [-0.05, 0) is 62.1 Å². The number of aryl methyl sites for hydroxylation is 1. The maximum absolute atomic E-state index is 4.37. The molecule has 0 spiro atoms. The van der Waals surface area contributed by atoms with Crippen molar-refractivity contribution in [2.45, 2.75) is 30.2 Å². The van der Waals surface area contributed by atoms with E-state index in [4.69, 9.17) is 0 Å². The van der Waals surface area contributed by atoms with Gasteiger partial charge in [0.15, 0.2) is 0 Å². The van der Waals surface area contributed by atoms with Gasteiger partial charge in [0.05, 0.1) is 0 Å². The lowest BCUT2D eigenvalue weighted by Crippen LogP contribution is -2.20. The molecule has 1 nitrogen and oxygen atoms in total. The highest BCUT2D eigenvalue weighted by Crippen LogP contribution is 2.33. The summed E-state index contributed by atoms with van der Waals surface area (Å²) in [4.78, 5) is 3.79. The van der Waals surface area contributed by atoms with E-state index in [1.165, 1.54) is 29.1 Å². The minimum Gasteiger partial charge on any atom is -0.302 e. The van der Waals surface area contributed by atoms with Crippen LogP contribution in [0.15, 0.2) is 23.1 Å². The summed E-state index contributed by atoms with van der Waals surface area (Å²) < 4.78 is 0. The predicted octanol–water partition coefficient (Wildman–Crippen LogP) is 3.65. The molecule has 0 amide bonds. The van der Waals surface area contributed by atoms with Gasteiger partial charge in [-0.2, -0.15) is 12.6 Å². The monoisotopic (exact) mass is 267 g/mol. The molecule has 2 rings (SSSR count). The zero-order valence-corrected chi connectivity index (χ0v) is 12.4. The molecule has 1 aromatic rings. The van der Waals surface area contributed by atoms with Crippen LogP contribution in [0.5, 0.6) is 0 Å². The van der Waals surface area contributed by atoms with Crippen LogP contribution in [0.2, 0.25) is 0 Å². The molecule has 3 heteroatoms. The molecule has 0 saturated carbocycles. The van der Waals surface area contributed by atoms with Crippen molar-refractivity contribution in [2.75, 3.05) is 25.6 Å². The molecule has 0 aromatic heterocycles. The Labute approximate surface area is 114 Å². The maximum atomic E-state index is 4.37. The normalized spacial score (nSPS) is 16.9. The van der Waals surface area contributed by atoms with Gasteiger partial charge in [-0.3, -0.25) is 0 Å². The van der Waals surface area contributed by atoms with Crippen molar-refractivity contribution in [3.05, 3.63) is 29.3 Å². The summed E-state index contributed by atoms with van der Waals surface area (Å²) in [7, 11) is 4.31. The van der Waals surface area contributed by atoms with Crippen LogP contribution >= 0.6 is 24.4 Å². The molecule has 0 fully saturated rings. The van der Waals surface area contributed by atoms with Gasteiger partial charge in [0.25, 0.3) is 0 Å². The van der Waals surface area contributed by atoms with E-state index >= 15 is 0 Å². The van der Waals surface area contributed by atoms with Crippen molar-refractivity contribution in [1.82, 2.24) is 4.90 Å². The number of hydrogen-bond acceptors (Lipinski definition) is 3. The maximum Gasteiger partial charge on any atom is 0.0349 e. The Kier molecular flexibility index (Phi) is 4.83. The lowest BCUT2D eigenvalue weighted by Gasteiger charge is -2.26. The summed E-state index contributed by atoms with van der Waals surface area (Å²) in [6.45, 7) is 0. The molecule has 94 valence electrons. The molecule has 17 heavy (non-hydrogen) atoms. The SMILES string of the molecule is CN(C)C(CCS)c1ccc2c(c1)CCCS2. The van der Waals surface area contributed by atoms with Crippen LogP contribution in [0.4, 0.5) is 0 Å². The minimum absolute atomic E-state index is 0.504. The Morgan fingerprint density at radius 1 is 1.41 bits per heavy atom. The number of fused-ring (bicyclic) bond motifs is 1. The average molecular weight is 267 g/mol. The van der Waals surface area contributed by atoms with Crippen molar-refractivity contribution >= 4 is 24.4 Å². The summed E-state index contributed by atoms with van der Waals surface area (Å²) in [5.41, 5.74) is 3.00. The van der Waals surface area contributed by atoms with Gasteiger partial charge in [0, 0.05) is 10.9 Å². The van der Waals surface area contributed by atoms with Crippen LogP contribution in [0.25, 0.3) is 0 Å². The van der Waals surface area contributed by atoms with Crippen molar-refractivity contribution in [3.8, 4) is 0 Å². The van der Waals surface area contributed by atoms with Crippen LogP contribution < -0.4 is 0 Å². The third-order valence-electron chi connectivity index (χ3n) is 3.34. The zero-order chi connectivity index (χ0) is 12.3. The summed E-state index contributed by atoms with van der Waals surface area (Å²) in [6.07, 6.45) is 3.68. The first-order chi connectivity index (χ1) is 8.22. The molecule has 0 radical (unpaired) electrons. The molecule has 0 aliphatic carbocycles. The largest absolute Gasteiger partial charge is 0.302 e. The quantitative estimate of drug-likeness (QED) is 0.830. The summed E-state index contributed by atoms with van der Waals surface area (Å²) in [5, 5.41) is 0. The Morgan fingerprint density at radius 3 is 2.94 bits per heavy atom. The standard InChI is InChI=1S/C14H21NS2/c1-15(2)13(7-8-16)11-5-6-14-12(10-11)4-3-9-17-14/h5-6,10,13,16H,3-4,7-9H2,1-2H3. The van der Waals surface area contributed by atoms with Crippen LogP contribution in [0.3, 0.4) is 0 Å². The fraction of sp³-hybridized carbons (Fsp3) is 0.571. The smallest absolute Gasteiger partial charge is 0.0349 e. The minimum atomic E-state index is 0.504. The average Bonchev–Trinajstić information content (AvgIpc) is 2.35. The molecule has 0 bridgehead atoms. The fourth-order valence-corrected chi connectivity index (χ4v) is 3.70. The second-order valence-electron chi connectivity index (χ2n) is 4.81. The topological polar surface area (TPSA) is 3.24 Å². The highest BCUT2D eigenvalue weighted by molar-refractivity contribution is 7.99. The number of hydrogen-bond donors (Lipinski definition) is 1. The molecule has 1 atom stereocenters. The fourth-order valence-electron chi connectivity index (χ4n) is 2.43. The third-order valence-corrected chi connectivity index (χ3v) is 4.80. The van der Waals surface area contributed by atoms with Gasteiger partial charge in [0.2, 0.25) is 0 Å². The molecular formula is C14H21NS2. The van der Waals surface area contributed by atoms with E-state index in [1.54, 1.807) is 5.56 Å². The molecule has 1 aliphatic rings. The Hall–Kier alpha value is -0.120. The number of benzene rings is 1. The van der Waals surface area contributed by atoms with Gasteiger partial charge in [-0.15, -0.1) is 11.8 Å². The summed E-state index contributed by atoms with van der Waals surface area (Å²) in [6, 6.07) is 7.52. The van der Waals surface area contributed by atoms with Crippen LogP contribution in [-0.2, 0) is 6.42 Å². The zero-order valence-electron chi connectivity index (χ0n) is 10.6. The first-order valence-electron chi connectivity index (χ1n) is 6.25. The van der Waals surface area contributed by atoms with Gasteiger partial charge in [0.1, 0.15) is 0 Å². The second-order valence-corrected chi connectivity index (χ2v) is 6.39. The van der Waals surface area contributed by atoms with Crippen molar-refractivity contribution in [3.63, 3.8) is 0 Å². The predicted molar refractivity (Wildman–Crippen MR) is 80.4 cm³/mol. The van der Waals surface area contributed by atoms with E-state index in [1.807, 2.05) is 11.8 Å². The van der Waals surface area contributed by atoms with Gasteiger partial charge >= 0.3 is 0 Å². The van der Waals surface area contributed by atoms with Gasteiger partial charge < -0.3 is 4.90 Å². The molecule has 1 heterocycles. The first kappa shape index (κ1) is 13.3.